The Kier molecular flexibility index (Phi) is 4.39. The maximum absolute atomic E-state index is 10.7. The number of ether oxygens (including phenoxy) is 1. The number of aldehydes is 1. The molecule has 0 bridgehead atoms. The van der Waals surface area contributed by atoms with Crippen LogP contribution in [0.25, 0.3) is 16.1 Å². The smallest absolute Gasteiger partial charge is 0.218 e. The van der Waals surface area contributed by atoms with Crippen LogP contribution in [0.1, 0.15) is 17.3 Å². The minimum Gasteiger partial charge on any atom is -0.439 e. The predicted molar refractivity (Wildman–Crippen MR) is 91.5 cm³/mol. The highest BCUT2D eigenvalue weighted by molar-refractivity contribution is 5.74. The lowest BCUT2D eigenvalue weighted by Gasteiger charge is -2.06. The molecule has 0 spiro atoms. The zero-order chi connectivity index (χ0) is 16.9. The first-order valence-electron chi connectivity index (χ1n) is 7.52. The number of aryl methyl sites for hydroxylation is 1. The monoisotopic (exact) mass is 317 g/mol. The third-order valence-electron chi connectivity index (χ3n) is 3.55. The average Bonchev–Trinajstić information content (AvgIpc) is 3.05. The number of carbonyl (C=O) groups is 1. The summed E-state index contributed by atoms with van der Waals surface area (Å²) in [6, 6.07) is 16.1. The van der Waals surface area contributed by atoms with E-state index in [4.69, 9.17) is 11.3 Å². The molecule has 0 unspecified atom stereocenters. The fourth-order valence-electron chi connectivity index (χ4n) is 2.32. The SMILES string of the molecule is [C-]#[N+]c1cccc(-c2cc(Oc3ccc(C=O)cc3)n(CC)n2)c1. The minimum atomic E-state index is 0.575. The maximum Gasteiger partial charge on any atom is 0.218 e. The Bertz CT molecular complexity index is 905. The van der Waals surface area contributed by atoms with Crippen LogP contribution in [0.2, 0.25) is 0 Å². The van der Waals surface area contributed by atoms with Crippen LogP contribution in [0.4, 0.5) is 5.69 Å². The summed E-state index contributed by atoms with van der Waals surface area (Å²) < 4.78 is 7.64. The summed E-state index contributed by atoms with van der Waals surface area (Å²) in [6.45, 7) is 9.76. The van der Waals surface area contributed by atoms with Gasteiger partial charge in [-0.25, -0.2) is 9.53 Å². The van der Waals surface area contributed by atoms with Gasteiger partial charge in [-0.1, -0.05) is 18.2 Å². The van der Waals surface area contributed by atoms with Crippen LogP contribution in [-0.2, 0) is 6.54 Å². The summed E-state index contributed by atoms with van der Waals surface area (Å²) in [4.78, 5) is 14.2. The number of nitrogens with zero attached hydrogens (tertiary/aromatic N) is 3. The van der Waals surface area contributed by atoms with E-state index in [9.17, 15) is 4.79 Å². The lowest BCUT2D eigenvalue weighted by atomic mass is 10.1. The van der Waals surface area contributed by atoms with E-state index in [0.717, 1.165) is 17.5 Å². The van der Waals surface area contributed by atoms with E-state index >= 15 is 0 Å². The molecule has 5 heteroatoms. The van der Waals surface area contributed by atoms with Gasteiger partial charge in [0.25, 0.3) is 0 Å². The van der Waals surface area contributed by atoms with Gasteiger partial charge >= 0.3 is 0 Å². The first-order chi connectivity index (χ1) is 11.7. The molecule has 1 heterocycles. The van der Waals surface area contributed by atoms with Gasteiger partial charge < -0.3 is 4.74 Å². The van der Waals surface area contributed by atoms with E-state index in [-0.39, 0.29) is 0 Å². The van der Waals surface area contributed by atoms with Gasteiger partial charge in [0.2, 0.25) is 5.88 Å². The molecule has 0 saturated carbocycles. The highest BCUT2D eigenvalue weighted by atomic mass is 16.5. The Labute approximate surface area is 139 Å². The Morgan fingerprint density at radius 2 is 2.00 bits per heavy atom. The number of rotatable bonds is 5. The molecule has 0 fully saturated rings. The second-order valence-electron chi connectivity index (χ2n) is 5.13. The van der Waals surface area contributed by atoms with Gasteiger partial charge in [-0.05, 0) is 42.8 Å². The van der Waals surface area contributed by atoms with E-state index in [1.165, 1.54) is 0 Å². The van der Waals surface area contributed by atoms with Crippen molar-refractivity contribution in [2.75, 3.05) is 0 Å². The molecule has 0 atom stereocenters. The van der Waals surface area contributed by atoms with Crippen molar-refractivity contribution in [2.45, 2.75) is 13.5 Å². The molecule has 0 aliphatic carbocycles. The van der Waals surface area contributed by atoms with E-state index in [1.54, 1.807) is 41.1 Å². The number of hydrogen-bond donors (Lipinski definition) is 0. The Morgan fingerprint density at radius 3 is 2.67 bits per heavy atom. The van der Waals surface area contributed by atoms with Gasteiger partial charge in [-0.3, -0.25) is 4.79 Å². The average molecular weight is 317 g/mol. The van der Waals surface area contributed by atoms with Crippen LogP contribution in [-0.4, -0.2) is 16.1 Å². The molecule has 24 heavy (non-hydrogen) atoms. The fraction of sp³-hybridized carbons (Fsp3) is 0.105. The Balaban J connectivity index is 1.92. The Hall–Kier alpha value is -3.39. The molecule has 5 nitrogen and oxygen atoms in total. The van der Waals surface area contributed by atoms with Crippen LogP contribution in [0.5, 0.6) is 11.6 Å². The third-order valence-corrected chi connectivity index (χ3v) is 3.55. The van der Waals surface area contributed by atoms with Gasteiger partial charge in [0.05, 0.1) is 12.3 Å². The van der Waals surface area contributed by atoms with Crippen molar-refractivity contribution in [1.29, 1.82) is 0 Å². The molecule has 0 saturated heterocycles. The largest absolute Gasteiger partial charge is 0.439 e. The van der Waals surface area contributed by atoms with E-state index < -0.39 is 0 Å². The van der Waals surface area contributed by atoms with Gasteiger partial charge in [0.1, 0.15) is 12.0 Å². The molecular formula is C19H15N3O2. The van der Waals surface area contributed by atoms with Crippen molar-refractivity contribution < 1.29 is 9.53 Å². The van der Waals surface area contributed by atoms with Crippen molar-refractivity contribution in [3.8, 4) is 22.9 Å². The van der Waals surface area contributed by atoms with Crippen molar-refractivity contribution in [1.82, 2.24) is 9.78 Å². The maximum atomic E-state index is 10.7. The summed E-state index contributed by atoms with van der Waals surface area (Å²) in [5.74, 6) is 1.25. The summed E-state index contributed by atoms with van der Waals surface area (Å²) >= 11 is 0. The minimum absolute atomic E-state index is 0.575. The van der Waals surface area contributed by atoms with Crippen LogP contribution in [0.3, 0.4) is 0 Å². The van der Waals surface area contributed by atoms with Crippen molar-refractivity contribution >= 4 is 12.0 Å². The molecule has 118 valence electrons. The highest BCUT2D eigenvalue weighted by Crippen LogP contribution is 2.29. The fourth-order valence-corrected chi connectivity index (χ4v) is 2.32. The van der Waals surface area contributed by atoms with E-state index in [0.29, 0.717) is 29.4 Å². The first kappa shape index (κ1) is 15.5. The van der Waals surface area contributed by atoms with Gasteiger partial charge in [-0.15, -0.1) is 0 Å². The van der Waals surface area contributed by atoms with Crippen LogP contribution in [0, 0.1) is 6.57 Å². The molecule has 3 rings (SSSR count). The number of aromatic nitrogens is 2. The molecule has 2 aromatic carbocycles. The Morgan fingerprint density at radius 1 is 1.21 bits per heavy atom. The summed E-state index contributed by atoms with van der Waals surface area (Å²) in [7, 11) is 0. The van der Waals surface area contributed by atoms with Crippen LogP contribution < -0.4 is 4.74 Å². The molecule has 0 aliphatic rings. The molecule has 3 aromatic rings. The molecule has 1 aromatic heterocycles. The highest BCUT2D eigenvalue weighted by Gasteiger charge is 2.11. The molecule has 0 N–H and O–H groups in total. The third kappa shape index (κ3) is 3.18. The first-order valence-corrected chi connectivity index (χ1v) is 7.52. The number of benzene rings is 2. The lowest BCUT2D eigenvalue weighted by Crippen LogP contribution is -1.99. The van der Waals surface area contributed by atoms with Crippen LogP contribution >= 0.6 is 0 Å². The van der Waals surface area contributed by atoms with Gasteiger partial charge in [-0.2, -0.15) is 5.10 Å². The molecule has 0 amide bonds. The van der Waals surface area contributed by atoms with E-state index in [2.05, 4.69) is 9.94 Å². The number of carbonyl (C=O) groups excluding carboxylic acids is 1. The molecule has 0 aliphatic heterocycles. The molecular weight excluding hydrogens is 302 g/mol. The van der Waals surface area contributed by atoms with Gasteiger partial charge in [0, 0.05) is 18.2 Å². The quantitative estimate of drug-likeness (QED) is 0.505. The van der Waals surface area contributed by atoms with Gasteiger partial charge in [0.15, 0.2) is 5.69 Å². The zero-order valence-electron chi connectivity index (χ0n) is 13.1. The van der Waals surface area contributed by atoms with Crippen LogP contribution in [0.15, 0.2) is 54.6 Å². The van der Waals surface area contributed by atoms with Crippen molar-refractivity contribution in [3.63, 3.8) is 0 Å². The topological polar surface area (TPSA) is 48.5 Å². The lowest BCUT2D eigenvalue weighted by molar-refractivity contribution is 0.112. The van der Waals surface area contributed by atoms with E-state index in [1.807, 2.05) is 25.1 Å². The second kappa shape index (κ2) is 6.80. The predicted octanol–water partition coefficient (Wildman–Crippen LogP) is 4.73. The molecule has 0 radical (unpaired) electrons. The standard InChI is InChI=1S/C19H15N3O2/c1-3-22-19(24-17-9-7-14(13-23)8-10-17)12-18(21-22)15-5-4-6-16(11-15)20-2/h4-13H,3H2,1H3. The summed E-state index contributed by atoms with van der Waals surface area (Å²) in [5.41, 5.74) is 2.80. The number of hydrogen-bond acceptors (Lipinski definition) is 3. The second-order valence-corrected chi connectivity index (χ2v) is 5.13. The zero-order valence-corrected chi connectivity index (χ0v) is 13.1. The van der Waals surface area contributed by atoms with Crippen molar-refractivity contribution in [2.24, 2.45) is 0 Å². The summed E-state index contributed by atoms with van der Waals surface area (Å²) in [5, 5.41) is 4.54. The van der Waals surface area contributed by atoms with Crippen molar-refractivity contribution in [3.05, 3.63) is 71.6 Å². The summed E-state index contributed by atoms with van der Waals surface area (Å²) in [6.07, 6.45) is 0.794. The normalized spacial score (nSPS) is 10.2.